The van der Waals surface area contributed by atoms with Gasteiger partial charge in [-0.05, 0) is 100 Å². The fourth-order valence-corrected chi connectivity index (χ4v) is 7.26. The van der Waals surface area contributed by atoms with Crippen molar-refractivity contribution in [3.05, 3.63) is 105 Å². The Balaban J connectivity index is 1.40. The second-order valence-electron chi connectivity index (χ2n) is 12.6. The van der Waals surface area contributed by atoms with Crippen molar-refractivity contribution in [2.24, 2.45) is 22.2 Å². The molecule has 5 atom stereocenters. The number of nitro groups is 1. The highest BCUT2D eigenvalue weighted by Gasteiger charge is 2.60. The van der Waals surface area contributed by atoms with E-state index in [1.165, 1.54) is 34.9 Å². The number of carboxylic acids is 2. The Morgan fingerprint density at radius 2 is 1.72 bits per heavy atom. The van der Waals surface area contributed by atoms with Crippen LogP contribution in [-0.2, 0) is 22.4 Å². The maximum atomic E-state index is 13.3. The van der Waals surface area contributed by atoms with Crippen LogP contribution in [0.25, 0.3) is 0 Å². The molecule has 0 saturated heterocycles. The van der Waals surface area contributed by atoms with Gasteiger partial charge >= 0.3 is 11.9 Å². The SMILES string of the molecule is CC1=NC(C)C(C(=O)O)(C(C)CCCN(C)CCCc2ccc(Cc3cccnc3)cc2)C(c2cccc([N+](=O)[O-])c2)C1C(=O)O. The molecule has 2 N–H and O–H groups in total. The van der Waals surface area contributed by atoms with E-state index in [0.717, 1.165) is 32.4 Å². The Bertz CT molecular complexity index is 1540. The molecule has 1 aromatic heterocycles. The van der Waals surface area contributed by atoms with Gasteiger partial charge in [-0.2, -0.15) is 0 Å². The Morgan fingerprint density at radius 3 is 2.35 bits per heavy atom. The first-order chi connectivity index (χ1) is 21.9. The summed E-state index contributed by atoms with van der Waals surface area (Å²) in [6.07, 6.45) is 7.69. The number of nitrogens with zero attached hydrogens (tertiary/aromatic N) is 4. The molecule has 10 heteroatoms. The monoisotopic (exact) mass is 628 g/mol. The van der Waals surface area contributed by atoms with E-state index in [4.69, 9.17) is 0 Å². The number of non-ortho nitro benzene ring substituents is 1. The number of nitro benzene ring substituents is 1. The van der Waals surface area contributed by atoms with Gasteiger partial charge in [-0.1, -0.05) is 49.4 Å². The molecule has 10 nitrogen and oxygen atoms in total. The molecule has 5 unspecified atom stereocenters. The molecule has 0 spiro atoms. The van der Waals surface area contributed by atoms with Gasteiger partial charge in [0, 0.05) is 36.2 Å². The van der Waals surface area contributed by atoms with Crippen LogP contribution in [-0.4, -0.2) is 68.8 Å². The van der Waals surface area contributed by atoms with E-state index in [1.54, 1.807) is 26.1 Å². The highest BCUT2D eigenvalue weighted by Crippen LogP contribution is 2.54. The molecule has 0 radical (unpaired) electrons. The molecule has 0 amide bonds. The van der Waals surface area contributed by atoms with Crippen molar-refractivity contribution in [3.8, 4) is 0 Å². The second-order valence-corrected chi connectivity index (χ2v) is 12.6. The van der Waals surface area contributed by atoms with Crippen molar-refractivity contribution >= 4 is 23.3 Å². The van der Waals surface area contributed by atoms with E-state index in [2.05, 4.69) is 52.3 Å². The van der Waals surface area contributed by atoms with Crippen molar-refractivity contribution < 1.29 is 24.7 Å². The molecule has 2 aromatic carbocycles. The molecule has 0 saturated carbocycles. The number of carbonyl (C=O) groups is 2. The number of rotatable bonds is 15. The first-order valence-electron chi connectivity index (χ1n) is 15.8. The maximum Gasteiger partial charge on any atom is 0.312 e. The fraction of sp³-hybridized carbons (Fsp3) is 0.444. The topological polar surface area (TPSA) is 146 Å². The lowest BCUT2D eigenvalue weighted by atomic mass is 9.54. The van der Waals surface area contributed by atoms with Gasteiger partial charge in [0.15, 0.2) is 0 Å². The molecule has 0 bridgehead atoms. The van der Waals surface area contributed by atoms with Crippen LogP contribution in [0, 0.1) is 27.4 Å². The lowest BCUT2D eigenvalue weighted by Crippen LogP contribution is -2.57. The molecule has 244 valence electrons. The van der Waals surface area contributed by atoms with E-state index in [-0.39, 0.29) is 5.69 Å². The quantitative estimate of drug-likeness (QED) is 0.148. The lowest BCUT2D eigenvalue weighted by molar-refractivity contribution is -0.385. The van der Waals surface area contributed by atoms with E-state index in [1.807, 2.05) is 19.2 Å². The number of benzene rings is 2. The Kier molecular flexibility index (Phi) is 11.4. The van der Waals surface area contributed by atoms with Crippen molar-refractivity contribution in [1.29, 1.82) is 0 Å². The van der Waals surface area contributed by atoms with E-state index in [9.17, 15) is 29.9 Å². The smallest absolute Gasteiger partial charge is 0.312 e. The zero-order chi connectivity index (χ0) is 33.4. The zero-order valence-corrected chi connectivity index (χ0v) is 27.0. The van der Waals surface area contributed by atoms with Crippen LogP contribution in [0.15, 0.2) is 78.0 Å². The number of carboxylic acid groups (broad SMARTS) is 2. The van der Waals surface area contributed by atoms with Crippen LogP contribution in [0.5, 0.6) is 0 Å². The van der Waals surface area contributed by atoms with Gasteiger partial charge in [-0.3, -0.25) is 29.7 Å². The molecular formula is C36H44N4O6. The van der Waals surface area contributed by atoms with Gasteiger partial charge in [0.1, 0.15) is 11.3 Å². The number of pyridine rings is 1. The molecule has 2 heterocycles. The average Bonchev–Trinajstić information content (AvgIpc) is 3.01. The highest BCUT2D eigenvalue weighted by atomic mass is 16.6. The number of aryl methyl sites for hydroxylation is 1. The summed E-state index contributed by atoms with van der Waals surface area (Å²) in [5.41, 5.74) is 2.59. The Labute approximate surface area is 270 Å². The molecular weight excluding hydrogens is 584 g/mol. The van der Waals surface area contributed by atoms with E-state index in [0.29, 0.717) is 24.1 Å². The average molecular weight is 629 g/mol. The van der Waals surface area contributed by atoms with Crippen LogP contribution < -0.4 is 0 Å². The highest BCUT2D eigenvalue weighted by molar-refractivity contribution is 6.03. The number of aliphatic carboxylic acids is 2. The summed E-state index contributed by atoms with van der Waals surface area (Å²) in [4.78, 5) is 47.9. The van der Waals surface area contributed by atoms with Gasteiger partial charge in [0.2, 0.25) is 0 Å². The minimum atomic E-state index is -1.57. The maximum absolute atomic E-state index is 13.3. The van der Waals surface area contributed by atoms with Crippen LogP contribution in [0.2, 0.25) is 0 Å². The van der Waals surface area contributed by atoms with Gasteiger partial charge in [0.05, 0.1) is 11.0 Å². The molecule has 4 rings (SSSR count). The van der Waals surface area contributed by atoms with Gasteiger partial charge in [0.25, 0.3) is 5.69 Å². The van der Waals surface area contributed by atoms with Crippen molar-refractivity contribution in [1.82, 2.24) is 9.88 Å². The summed E-state index contributed by atoms with van der Waals surface area (Å²) < 4.78 is 0. The third-order valence-electron chi connectivity index (χ3n) is 9.61. The molecule has 1 aliphatic rings. The summed E-state index contributed by atoms with van der Waals surface area (Å²) in [7, 11) is 2.05. The number of aromatic nitrogens is 1. The summed E-state index contributed by atoms with van der Waals surface area (Å²) in [6, 6.07) is 17.7. The minimum absolute atomic E-state index is 0.205. The van der Waals surface area contributed by atoms with Crippen LogP contribution >= 0.6 is 0 Å². The van der Waals surface area contributed by atoms with Crippen molar-refractivity contribution in [3.63, 3.8) is 0 Å². The van der Waals surface area contributed by atoms with Crippen LogP contribution in [0.3, 0.4) is 0 Å². The largest absolute Gasteiger partial charge is 0.481 e. The van der Waals surface area contributed by atoms with Gasteiger partial charge in [-0.15, -0.1) is 0 Å². The summed E-state index contributed by atoms with van der Waals surface area (Å²) in [5, 5.41) is 32.7. The minimum Gasteiger partial charge on any atom is -0.481 e. The summed E-state index contributed by atoms with van der Waals surface area (Å²) in [5.74, 6) is -5.03. The first-order valence-corrected chi connectivity index (χ1v) is 15.8. The summed E-state index contributed by atoms with van der Waals surface area (Å²) in [6.45, 7) is 6.80. The normalized spacial score (nSPS) is 21.8. The zero-order valence-electron chi connectivity index (χ0n) is 27.0. The predicted molar refractivity (Wildman–Crippen MR) is 177 cm³/mol. The molecule has 3 aromatic rings. The van der Waals surface area contributed by atoms with Crippen LogP contribution in [0.4, 0.5) is 5.69 Å². The number of hydrogen-bond acceptors (Lipinski definition) is 7. The Hall–Kier alpha value is -4.44. The molecule has 0 aliphatic carbocycles. The fourth-order valence-electron chi connectivity index (χ4n) is 7.26. The lowest BCUT2D eigenvalue weighted by Gasteiger charge is -2.49. The number of hydrogen-bond donors (Lipinski definition) is 2. The van der Waals surface area contributed by atoms with Crippen molar-refractivity contribution in [2.75, 3.05) is 20.1 Å². The predicted octanol–water partition coefficient (Wildman–Crippen LogP) is 6.28. The van der Waals surface area contributed by atoms with E-state index >= 15 is 0 Å². The summed E-state index contributed by atoms with van der Waals surface area (Å²) >= 11 is 0. The third kappa shape index (κ3) is 7.67. The van der Waals surface area contributed by atoms with E-state index < -0.39 is 46.1 Å². The second kappa shape index (κ2) is 15.2. The molecule has 46 heavy (non-hydrogen) atoms. The molecule has 1 aliphatic heterocycles. The first kappa shape index (κ1) is 34.4. The van der Waals surface area contributed by atoms with Gasteiger partial charge in [-0.25, -0.2) is 0 Å². The van der Waals surface area contributed by atoms with Gasteiger partial charge < -0.3 is 15.1 Å². The Morgan fingerprint density at radius 1 is 1.02 bits per heavy atom. The standard InChI is InChI=1S/C36H44N4O6/c1-24(9-7-19-39(4)20-8-11-27-14-16-28(17-15-27)21-29-10-6-18-37-23-29)36(35(43)44)26(3)38-25(2)32(34(41)42)33(36)30-12-5-13-31(22-30)40(45)46/h5-6,10,12-18,22-24,26,32-33H,7-9,11,19-21H2,1-4H3,(H,41,42)(H,43,44). The number of aliphatic imine (C=N–C) groups is 1. The van der Waals surface area contributed by atoms with Crippen molar-refractivity contribution in [2.45, 2.75) is 64.8 Å². The van der Waals surface area contributed by atoms with Crippen LogP contribution in [0.1, 0.15) is 68.2 Å². The molecule has 0 fully saturated rings. The third-order valence-corrected chi connectivity index (χ3v) is 9.61.